The summed E-state index contributed by atoms with van der Waals surface area (Å²) < 4.78 is 151. The summed E-state index contributed by atoms with van der Waals surface area (Å²) in [4.78, 5) is 0. The summed E-state index contributed by atoms with van der Waals surface area (Å²) in [5.74, 6) is 1.61. The summed E-state index contributed by atoms with van der Waals surface area (Å²) in [7, 11) is -12.3. The van der Waals surface area contributed by atoms with Crippen molar-refractivity contribution in [3.63, 3.8) is 0 Å². The molecule has 0 aromatic heterocycles. The quantitative estimate of drug-likeness (QED) is 0.154. The topological polar surface area (TPSA) is 174 Å². The van der Waals surface area contributed by atoms with Gasteiger partial charge in [-0.25, -0.2) is 0 Å². The van der Waals surface area contributed by atoms with Gasteiger partial charge in [-0.1, -0.05) is 60.7 Å². The maximum absolute atomic E-state index is 11.6. The van der Waals surface area contributed by atoms with Gasteiger partial charge >= 0.3 is 104 Å². The van der Waals surface area contributed by atoms with Crippen molar-refractivity contribution in [3.8, 4) is 22.6 Å². The van der Waals surface area contributed by atoms with Crippen molar-refractivity contribution in [2.45, 2.75) is 11.0 Å². The molecule has 0 saturated carbocycles. The van der Waals surface area contributed by atoms with Crippen LogP contribution in [0.15, 0.2) is 72.8 Å². The Morgan fingerprint density at radius 2 is 0.796 bits per heavy atom. The van der Waals surface area contributed by atoms with Gasteiger partial charge in [-0.15, -0.1) is 0 Å². The molecule has 13 nitrogen and oxygen atoms in total. The smallest absolute Gasteiger partial charge is 0.128 e. The standard InChI is InChI=1S/C30H32O6.2CHF3O3S.H2O.Pb/c1-3-7-25-23(5-1)9-11-27-29(25)30-26-8-4-2-6-24(26)10-12-28(30)36-22-20-34-18-16-32-14-13-31-15-17-33-19-21-35-27;2*2-1(3,4)8(5,6)7;;/h1-12H,13-22H2;2*(H,5,6,7);1H2;/q;;;;+2/p-2. The first-order valence-electron chi connectivity index (χ1n) is 15.5. The van der Waals surface area contributed by atoms with E-state index in [1.54, 1.807) is 0 Å². The van der Waals surface area contributed by atoms with Crippen molar-refractivity contribution in [1.82, 2.24) is 0 Å². The van der Waals surface area contributed by atoms with E-state index in [0.717, 1.165) is 44.2 Å². The van der Waals surface area contributed by atoms with Crippen LogP contribution in [0.3, 0.4) is 0 Å². The fourth-order valence-electron chi connectivity index (χ4n) is 4.64. The second kappa shape index (κ2) is 20.9. The molecule has 1 aliphatic rings. The first-order chi connectivity index (χ1) is 25.1. The van der Waals surface area contributed by atoms with E-state index in [1.165, 1.54) is 0 Å². The fraction of sp³-hybridized carbons (Fsp3) is 0.375. The molecule has 0 bridgehead atoms. The van der Waals surface area contributed by atoms with Crippen LogP contribution in [0.25, 0.3) is 32.7 Å². The number of hydrogen-bond acceptors (Lipinski definition) is 12. The summed E-state index contributed by atoms with van der Waals surface area (Å²) in [5, 5.41) is 4.51. The first kappa shape index (κ1) is 45.5. The third-order valence-corrected chi connectivity index (χ3v) is 15.4. The Bertz CT molecular complexity index is 1870. The zero-order valence-corrected chi connectivity index (χ0v) is 33.5. The van der Waals surface area contributed by atoms with Gasteiger partial charge < -0.3 is 33.9 Å². The average Bonchev–Trinajstić information content (AvgIpc) is 3.10. The molecule has 298 valence electrons. The first-order valence-corrected chi connectivity index (χ1v) is 21.5. The minimum atomic E-state index is -6.14. The van der Waals surface area contributed by atoms with Crippen LogP contribution < -0.4 is 9.47 Å². The van der Waals surface area contributed by atoms with Crippen molar-refractivity contribution < 1.29 is 81.3 Å². The predicted octanol–water partition coefficient (Wildman–Crippen LogP) is 4.93. The SMILES string of the molecule is O.O=S(=O)([O][Pb][O]S(=O)(=O)C(F)(F)F)C(F)(F)F.c1ccc2c3c(ccc2c1)OCCOCCOCCOCCOCCOc1ccc2ccccc2c1-3. The van der Waals surface area contributed by atoms with Crippen molar-refractivity contribution in [2.24, 2.45) is 0 Å². The van der Waals surface area contributed by atoms with Crippen molar-refractivity contribution in [1.29, 1.82) is 0 Å². The van der Waals surface area contributed by atoms with Gasteiger partial charge in [0.25, 0.3) is 0 Å². The van der Waals surface area contributed by atoms with E-state index in [-0.39, 0.29) is 5.48 Å². The zero-order chi connectivity index (χ0) is 38.5. The van der Waals surface area contributed by atoms with Crippen molar-refractivity contribution in [2.75, 3.05) is 66.1 Å². The van der Waals surface area contributed by atoms with E-state index >= 15 is 0 Å². The van der Waals surface area contributed by atoms with Crippen LogP contribution in [0.1, 0.15) is 0 Å². The van der Waals surface area contributed by atoms with Crippen LogP contribution in [0.5, 0.6) is 11.5 Å². The molecule has 0 spiro atoms. The largest absolute Gasteiger partial charge is 0.491 e. The van der Waals surface area contributed by atoms with E-state index in [4.69, 9.17) is 28.4 Å². The normalized spacial score (nSPS) is 16.0. The van der Waals surface area contributed by atoms with E-state index in [9.17, 15) is 43.2 Å². The third kappa shape index (κ3) is 12.8. The molecule has 0 saturated heterocycles. The fourth-order valence-corrected chi connectivity index (χ4v) is 10.4. The molecule has 2 N–H and O–H groups in total. The maximum atomic E-state index is 11.6. The Balaban J connectivity index is 0.000000372. The Labute approximate surface area is 319 Å². The monoisotopic (exact) mass is 1010 g/mol. The summed E-state index contributed by atoms with van der Waals surface area (Å²) in [6, 6.07) is 25.0. The number of ether oxygens (including phenoxy) is 6. The van der Waals surface area contributed by atoms with Crippen LogP contribution in [-0.2, 0) is 43.5 Å². The molecular weight excluding hydrogens is 978 g/mol. The molecule has 2 radical (unpaired) electrons. The molecule has 4 aromatic carbocycles. The molecule has 1 aliphatic heterocycles. The molecule has 0 amide bonds. The predicted molar refractivity (Wildman–Crippen MR) is 183 cm³/mol. The number of rotatable bonds is 4. The van der Waals surface area contributed by atoms with Crippen molar-refractivity contribution >= 4 is 66.9 Å². The van der Waals surface area contributed by atoms with Gasteiger partial charge in [0.15, 0.2) is 0 Å². The summed E-state index contributed by atoms with van der Waals surface area (Å²) in [5.41, 5.74) is -9.67. The second-order valence-corrected chi connectivity index (χ2v) is 18.1. The molecule has 22 heteroatoms. The minimum Gasteiger partial charge on any atom is -0.491 e. The van der Waals surface area contributed by atoms with Crippen LogP contribution in [0.4, 0.5) is 26.3 Å². The molecule has 1 heterocycles. The Hall–Kier alpha value is -2.88. The maximum Gasteiger partial charge on any atom is 0.128 e. The van der Waals surface area contributed by atoms with Crippen LogP contribution in [-0.4, -0.2) is 125 Å². The van der Waals surface area contributed by atoms with Crippen LogP contribution >= 0.6 is 0 Å². The minimum absolute atomic E-state index is 0. The van der Waals surface area contributed by atoms with Gasteiger partial charge in [0.2, 0.25) is 0 Å². The van der Waals surface area contributed by atoms with E-state index in [0.29, 0.717) is 66.1 Å². The molecule has 0 unspecified atom stereocenters. The Morgan fingerprint density at radius 1 is 0.481 bits per heavy atom. The number of alkyl halides is 6. The van der Waals surface area contributed by atoms with Gasteiger partial charge in [0.05, 0.1) is 52.9 Å². The van der Waals surface area contributed by atoms with Gasteiger partial charge in [-0.2, -0.15) is 0 Å². The average molecular weight is 1010 g/mol. The zero-order valence-electron chi connectivity index (χ0n) is 28.0. The molecular formula is C32H34F6O13PbS2. The third-order valence-electron chi connectivity index (χ3n) is 6.97. The van der Waals surface area contributed by atoms with E-state index < -0.39 is 56.4 Å². The van der Waals surface area contributed by atoms with Crippen LogP contribution in [0.2, 0.25) is 0 Å². The molecule has 4 aromatic rings. The van der Waals surface area contributed by atoms with Crippen molar-refractivity contribution in [3.05, 3.63) is 72.8 Å². The molecule has 0 atom stereocenters. The number of benzene rings is 4. The van der Waals surface area contributed by atoms with Gasteiger partial charge in [-0.3, -0.25) is 0 Å². The molecule has 0 fully saturated rings. The number of halogens is 6. The second-order valence-electron chi connectivity index (χ2n) is 10.5. The molecule has 5 rings (SSSR count). The Morgan fingerprint density at radius 3 is 1.13 bits per heavy atom. The summed E-state index contributed by atoms with van der Waals surface area (Å²) in [6.45, 7) is 4.96. The van der Waals surface area contributed by atoms with Gasteiger partial charge in [0, 0.05) is 11.1 Å². The molecule has 54 heavy (non-hydrogen) atoms. The van der Waals surface area contributed by atoms with Gasteiger partial charge in [-0.05, 0) is 33.7 Å². The summed E-state index contributed by atoms with van der Waals surface area (Å²) in [6.07, 6.45) is 0. The van der Waals surface area contributed by atoms with Crippen LogP contribution in [0, 0.1) is 0 Å². The number of fused-ring (bicyclic) bond motifs is 7. The van der Waals surface area contributed by atoms with E-state index in [2.05, 4.69) is 64.9 Å². The van der Waals surface area contributed by atoms with E-state index in [1.807, 2.05) is 12.1 Å². The number of hydrogen-bond donors (Lipinski definition) is 0. The van der Waals surface area contributed by atoms with Gasteiger partial charge in [0.1, 0.15) is 24.7 Å². The summed E-state index contributed by atoms with van der Waals surface area (Å²) >= 11 is -4.09. The Kier molecular flexibility index (Phi) is 17.6. The molecule has 0 aliphatic carbocycles.